The summed E-state index contributed by atoms with van der Waals surface area (Å²) in [4.78, 5) is 14.2. The molecule has 1 aromatic rings. The predicted molar refractivity (Wildman–Crippen MR) is 56.2 cm³/mol. The number of carbonyl (C=O) groups excluding carboxylic acids is 1. The topological polar surface area (TPSA) is 48.4 Å². The van der Waals surface area contributed by atoms with Crippen LogP contribution in [-0.2, 0) is 16.0 Å². The van der Waals surface area contributed by atoms with Gasteiger partial charge in [-0.2, -0.15) is 4.39 Å². The highest BCUT2D eigenvalue weighted by Gasteiger charge is 2.35. The number of hydrogen-bond acceptors (Lipinski definition) is 4. The Bertz CT molecular complexity index is 517. The lowest BCUT2D eigenvalue weighted by Crippen LogP contribution is -2.20. The Labute approximate surface area is 114 Å². The molecule has 0 bridgehead atoms. The Morgan fingerprint density at radius 2 is 2.00 bits per heavy atom. The smallest absolute Gasteiger partial charge is 0.466 e. The van der Waals surface area contributed by atoms with Crippen molar-refractivity contribution >= 4 is 5.97 Å². The molecular weight excluding hydrogens is 308 g/mol. The Hall–Kier alpha value is -2.00. The molecule has 1 rings (SSSR count). The fourth-order valence-electron chi connectivity index (χ4n) is 1.48. The first-order chi connectivity index (χ1) is 9.64. The first-order valence-electron chi connectivity index (χ1n) is 5.52. The van der Waals surface area contributed by atoms with Crippen molar-refractivity contribution in [2.24, 2.45) is 0 Å². The predicted octanol–water partition coefficient (Wildman–Crippen LogP) is 3.16. The summed E-state index contributed by atoms with van der Waals surface area (Å²) >= 11 is 0. The third kappa shape index (κ3) is 5.12. The number of rotatable bonds is 5. The second kappa shape index (κ2) is 6.64. The molecular formula is C11H9F6NO3. The molecule has 1 aromatic heterocycles. The Balaban J connectivity index is 3.25. The van der Waals surface area contributed by atoms with E-state index in [0.29, 0.717) is 0 Å². The summed E-state index contributed by atoms with van der Waals surface area (Å²) in [6.07, 6.45) is -9.64. The van der Waals surface area contributed by atoms with Gasteiger partial charge in [0.25, 0.3) is 6.43 Å². The monoisotopic (exact) mass is 317 g/mol. The van der Waals surface area contributed by atoms with Gasteiger partial charge >= 0.3 is 12.3 Å². The van der Waals surface area contributed by atoms with Gasteiger partial charge in [0.1, 0.15) is 5.75 Å². The molecule has 0 fully saturated rings. The fourth-order valence-corrected chi connectivity index (χ4v) is 1.48. The highest BCUT2D eigenvalue weighted by Crippen LogP contribution is 2.35. The first-order valence-corrected chi connectivity index (χ1v) is 5.52. The molecule has 10 heteroatoms. The second-order valence-corrected chi connectivity index (χ2v) is 3.63. The van der Waals surface area contributed by atoms with Crippen LogP contribution in [0.2, 0.25) is 0 Å². The zero-order valence-electron chi connectivity index (χ0n) is 10.5. The number of esters is 1. The second-order valence-electron chi connectivity index (χ2n) is 3.63. The number of alkyl halides is 5. The van der Waals surface area contributed by atoms with Gasteiger partial charge in [-0.1, -0.05) is 0 Å². The zero-order valence-corrected chi connectivity index (χ0v) is 10.5. The maximum atomic E-state index is 13.1. The zero-order chi connectivity index (χ0) is 16.2. The fraction of sp³-hybridized carbons (Fsp3) is 0.455. The molecule has 0 radical (unpaired) electrons. The van der Waals surface area contributed by atoms with Gasteiger partial charge in [0, 0.05) is 6.07 Å². The molecule has 0 amide bonds. The number of aromatic nitrogens is 1. The molecule has 0 atom stereocenters. The molecule has 21 heavy (non-hydrogen) atoms. The van der Waals surface area contributed by atoms with Crippen LogP contribution in [0.5, 0.6) is 5.75 Å². The average molecular weight is 317 g/mol. The van der Waals surface area contributed by atoms with E-state index in [1.165, 1.54) is 6.92 Å². The van der Waals surface area contributed by atoms with E-state index in [-0.39, 0.29) is 12.7 Å². The molecule has 0 spiro atoms. The summed E-state index contributed by atoms with van der Waals surface area (Å²) < 4.78 is 83.1. The molecule has 0 N–H and O–H groups in total. The van der Waals surface area contributed by atoms with E-state index in [4.69, 9.17) is 0 Å². The summed E-state index contributed by atoms with van der Waals surface area (Å²) in [6.45, 7) is 1.35. The van der Waals surface area contributed by atoms with Crippen LogP contribution in [0.1, 0.15) is 24.6 Å². The lowest BCUT2D eigenvalue weighted by atomic mass is 10.1. The van der Waals surface area contributed by atoms with Crippen molar-refractivity contribution in [1.29, 1.82) is 0 Å². The molecule has 0 aliphatic heterocycles. The normalized spacial score (nSPS) is 11.6. The maximum absolute atomic E-state index is 13.1. The van der Waals surface area contributed by atoms with E-state index in [2.05, 4.69) is 14.5 Å². The highest BCUT2D eigenvalue weighted by atomic mass is 19.4. The number of hydrogen-bond donors (Lipinski definition) is 0. The van der Waals surface area contributed by atoms with Gasteiger partial charge in [-0.15, -0.1) is 13.2 Å². The lowest BCUT2D eigenvalue weighted by molar-refractivity contribution is -0.275. The van der Waals surface area contributed by atoms with E-state index < -0.39 is 48.1 Å². The van der Waals surface area contributed by atoms with Crippen molar-refractivity contribution in [2.75, 3.05) is 6.61 Å². The van der Waals surface area contributed by atoms with E-state index in [1.54, 1.807) is 0 Å². The molecule has 0 aromatic carbocycles. The minimum absolute atomic E-state index is 0.0731. The quantitative estimate of drug-likeness (QED) is 0.475. The van der Waals surface area contributed by atoms with Crippen molar-refractivity contribution in [3.63, 3.8) is 0 Å². The molecule has 0 unspecified atom stereocenters. The van der Waals surface area contributed by atoms with E-state index in [9.17, 15) is 31.1 Å². The van der Waals surface area contributed by atoms with Gasteiger partial charge in [0.05, 0.1) is 24.3 Å². The van der Waals surface area contributed by atoms with E-state index >= 15 is 0 Å². The summed E-state index contributed by atoms with van der Waals surface area (Å²) in [6, 6.07) is 0.0731. The lowest BCUT2D eigenvalue weighted by Gasteiger charge is -2.15. The van der Waals surface area contributed by atoms with E-state index in [1.807, 2.05) is 0 Å². The maximum Gasteiger partial charge on any atom is 0.573 e. The van der Waals surface area contributed by atoms with Gasteiger partial charge in [0.2, 0.25) is 5.95 Å². The van der Waals surface area contributed by atoms with Crippen molar-refractivity contribution in [1.82, 2.24) is 4.98 Å². The van der Waals surface area contributed by atoms with Gasteiger partial charge in [-0.05, 0) is 6.92 Å². The number of pyridine rings is 1. The molecule has 0 saturated carbocycles. The van der Waals surface area contributed by atoms with Crippen LogP contribution in [0.15, 0.2) is 6.07 Å². The Morgan fingerprint density at radius 1 is 1.38 bits per heavy atom. The molecule has 4 nitrogen and oxygen atoms in total. The van der Waals surface area contributed by atoms with Gasteiger partial charge in [0.15, 0.2) is 0 Å². The summed E-state index contributed by atoms with van der Waals surface area (Å²) in [5.74, 6) is -3.96. The van der Waals surface area contributed by atoms with Crippen LogP contribution in [-0.4, -0.2) is 23.9 Å². The Morgan fingerprint density at radius 3 is 2.48 bits per heavy atom. The van der Waals surface area contributed by atoms with Gasteiger partial charge < -0.3 is 9.47 Å². The van der Waals surface area contributed by atoms with Gasteiger partial charge in [-0.3, -0.25) is 4.79 Å². The highest BCUT2D eigenvalue weighted by molar-refractivity contribution is 5.72. The van der Waals surface area contributed by atoms with Crippen LogP contribution in [0, 0.1) is 5.95 Å². The molecule has 1 heterocycles. The summed E-state index contributed by atoms with van der Waals surface area (Å²) in [5, 5.41) is 0. The number of halogens is 6. The molecule has 0 saturated heterocycles. The van der Waals surface area contributed by atoms with Crippen molar-refractivity contribution in [3.05, 3.63) is 23.3 Å². The minimum atomic E-state index is -5.29. The van der Waals surface area contributed by atoms with Crippen molar-refractivity contribution in [2.45, 2.75) is 26.1 Å². The van der Waals surface area contributed by atoms with Gasteiger partial charge in [-0.25, -0.2) is 13.8 Å². The van der Waals surface area contributed by atoms with Crippen LogP contribution in [0.3, 0.4) is 0 Å². The third-order valence-corrected chi connectivity index (χ3v) is 2.13. The summed E-state index contributed by atoms with van der Waals surface area (Å²) in [7, 11) is 0. The largest absolute Gasteiger partial charge is 0.573 e. The average Bonchev–Trinajstić information content (AvgIpc) is 2.24. The Kier molecular flexibility index (Phi) is 5.39. The SMILES string of the molecule is CCOC(=O)Cc1nc(F)cc(OC(F)(F)F)c1C(F)F. The number of nitrogens with zero attached hydrogens (tertiary/aromatic N) is 1. The van der Waals surface area contributed by atoms with Crippen molar-refractivity contribution in [3.8, 4) is 5.75 Å². The van der Waals surface area contributed by atoms with E-state index in [0.717, 1.165) is 0 Å². The van der Waals surface area contributed by atoms with Crippen molar-refractivity contribution < 1.29 is 40.6 Å². The third-order valence-electron chi connectivity index (χ3n) is 2.13. The first kappa shape index (κ1) is 17.1. The number of carbonyl (C=O) groups is 1. The number of ether oxygens (including phenoxy) is 2. The van der Waals surface area contributed by atoms with Crippen LogP contribution in [0.25, 0.3) is 0 Å². The van der Waals surface area contributed by atoms with Crippen LogP contribution >= 0.6 is 0 Å². The van der Waals surface area contributed by atoms with Crippen LogP contribution < -0.4 is 4.74 Å². The van der Waals surface area contributed by atoms with Crippen LogP contribution in [0.4, 0.5) is 26.3 Å². The molecule has 118 valence electrons. The summed E-state index contributed by atoms with van der Waals surface area (Å²) in [5.41, 5.74) is -2.18. The molecule has 0 aliphatic rings. The minimum Gasteiger partial charge on any atom is -0.466 e. The molecule has 0 aliphatic carbocycles. The standard InChI is InChI=1S/C11H9F6NO3/c1-2-20-8(19)3-5-9(10(13)14)6(4-7(12)18-5)21-11(15,16)17/h4,10H,2-3H2,1H3.